The number of halogens is 1. The number of hydrogen-bond acceptors (Lipinski definition) is 3. The van der Waals surface area contributed by atoms with Gasteiger partial charge >= 0.3 is 0 Å². The summed E-state index contributed by atoms with van der Waals surface area (Å²) in [5, 5.41) is 0. The van der Waals surface area contributed by atoms with Crippen LogP contribution in [0.1, 0.15) is 28.3 Å². The van der Waals surface area contributed by atoms with Crippen molar-refractivity contribution in [2.45, 2.75) is 25.7 Å². The molecule has 0 radical (unpaired) electrons. The maximum Gasteiger partial charge on any atom is 0.119 e. The molecule has 0 saturated carbocycles. The lowest BCUT2D eigenvalue weighted by Gasteiger charge is -2.14. The number of hydrogen-bond donors (Lipinski definition) is 1. The molecule has 1 atom stereocenters. The van der Waals surface area contributed by atoms with Crippen LogP contribution in [-0.2, 0) is 19.6 Å². The monoisotopic (exact) mass is 445 g/mol. The lowest BCUT2D eigenvalue weighted by atomic mass is 9.99. The van der Waals surface area contributed by atoms with Crippen LogP contribution in [0.15, 0.2) is 109 Å². The first kappa shape index (κ1) is 23.4. The average Bonchev–Trinajstić information content (AvgIpc) is 2.84. The summed E-state index contributed by atoms with van der Waals surface area (Å²) in [6.07, 6.45) is 0.767. The summed E-state index contributed by atoms with van der Waals surface area (Å²) < 4.78 is 11.7. The summed E-state index contributed by atoms with van der Waals surface area (Å²) in [4.78, 5) is 0. The van der Waals surface area contributed by atoms with E-state index in [2.05, 4.69) is 36.4 Å². The minimum Gasteiger partial charge on any atom is -0.489 e. The zero-order valence-corrected chi connectivity index (χ0v) is 18.7. The molecule has 0 heterocycles. The molecule has 0 spiro atoms. The van der Waals surface area contributed by atoms with E-state index >= 15 is 0 Å². The molecule has 0 amide bonds. The van der Waals surface area contributed by atoms with E-state index in [4.69, 9.17) is 15.2 Å². The Morgan fingerprint density at radius 2 is 0.969 bits per heavy atom. The average molecular weight is 446 g/mol. The Hall–Kier alpha value is -3.27. The molecule has 1 unspecified atom stereocenters. The van der Waals surface area contributed by atoms with Gasteiger partial charge in [0.1, 0.15) is 24.7 Å². The third-order valence-corrected chi connectivity index (χ3v) is 5.18. The smallest absolute Gasteiger partial charge is 0.119 e. The van der Waals surface area contributed by atoms with Crippen LogP contribution in [0.5, 0.6) is 11.5 Å². The highest BCUT2D eigenvalue weighted by Gasteiger charge is 2.08. The molecule has 4 rings (SSSR count). The Balaban J connectivity index is 0.00000289. The van der Waals surface area contributed by atoms with Gasteiger partial charge < -0.3 is 15.2 Å². The van der Waals surface area contributed by atoms with Gasteiger partial charge in [-0.05, 0) is 52.9 Å². The highest BCUT2D eigenvalue weighted by molar-refractivity contribution is 5.85. The Kier molecular flexibility index (Phi) is 8.73. The maximum atomic E-state index is 6.44. The molecule has 4 heteroatoms. The molecular weight excluding hydrogens is 418 g/mol. The van der Waals surface area contributed by atoms with Crippen molar-refractivity contribution in [1.29, 1.82) is 0 Å². The van der Waals surface area contributed by atoms with Gasteiger partial charge in [-0.25, -0.2) is 0 Å². The van der Waals surface area contributed by atoms with E-state index in [-0.39, 0.29) is 18.4 Å². The van der Waals surface area contributed by atoms with Gasteiger partial charge in [-0.2, -0.15) is 0 Å². The van der Waals surface area contributed by atoms with E-state index in [9.17, 15) is 0 Å². The highest BCUT2D eigenvalue weighted by atomic mass is 35.5. The topological polar surface area (TPSA) is 44.5 Å². The van der Waals surface area contributed by atoms with Crippen molar-refractivity contribution < 1.29 is 9.47 Å². The summed E-state index contributed by atoms with van der Waals surface area (Å²) in [6.45, 7) is 1.13. The second kappa shape index (κ2) is 11.9. The molecule has 2 N–H and O–H groups in total. The molecule has 0 aromatic heterocycles. The van der Waals surface area contributed by atoms with Gasteiger partial charge in [0.25, 0.3) is 0 Å². The van der Waals surface area contributed by atoms with Crippen LogP contribution >= 0.6 is 12.4 Å². The third-order valence-electron chi connectivity index (χ3n) is 5.18. The van der Waals surface area contributed by atoms with Gasteiger partial charge in [-0.3, -0.25) is 0 Å². The molecule has 0 aliphatic heterocycles. The SMILES string of the molecule is Cl.NC(Cc1ccc(OCc2ccccc2)cc1)c1ccc(OCc2ccccc2)cc1. The summed E-state index contributed by atoms with van der Waals surface area (Å²) in [5.41, 5.74) is 11.0. The molecule has 3 nitrogen and oxygen atoms in total. The van der Waals surface area contributed by atoms with Crippen LogP contribution in [0.25, 0.3) is 0 Å². The number of ether oxygens (including phenoxy) is 2. The van der Waals surface area contributed by atoms with Crippen LogP contribution in [0.4, 0.5) is 0 Å². The van der Waals surface area contributed by atoms with E-state index < -0.39 is 0 Å². The largest absolute Gasteiger partial charge is 0.489 e. The van der Waals surface area contributed by atoms with Crippen molar-refractivity contribution in [1.82, 2.24) is 0 Å². The van der Waals surface area contributed by atoms with E-state index in [1.165, 1.54) is 5.56 Å². The quantitative estimate of drug-likeness (QED) is 0.319. The Morgan fingerprint density at radius 1 is 0.531 bits per heavy atom. The summed E-state index contributed by atoms with van der Waals surface area (Å²) in [7, 11) is 0. The van der Waals surface area contributed by atoms with Crippen LogP contribution in [-0.4, -0.2) is 0 Å². The van der Waals surface area contributed by atoms with Crippen LogP contribution in [0.3, 0.4) is 0 Å². The van der Waals surface area contributed by atoms with E-state index in [0.29, 0.717) is 13.2 Å². The number of rotatable bonds is 9. The fourth-order valence-electron chi connectivity index (χ4n) is 3.39. The van der Waals surface area contributed by atoms with Crippen LogP contribution in [0.2, 0.25) is 0 Å². The lowest BCUT2D eigenvalue weighted by Crippen LogP contribution is -2.13. The van der Waals surface area contributed by atoms with Gasteiger partial charge in [0.15, 0.2) is 0 Å². The molecular formula is C28H28ClNO2. The first-order valence-electron chi connectivity index (χ1n) is 10.5. The minimum atomic E-state index is -0.0701. The number of nitrogens with two attached hydrogens (primary N) is 1. The summed E-state index contributed by atoms with van der Waals surface area (Å²) >= 11 is 0. The van der Waals surface area contributed by atoms with Crippen LogP contribution < -0.4 is 15.2 Å². The standard InChI is InChI=1S/C28H27NO2.ClH/c29-28(25-13-17-27(18-14-25)31-21-24-9-5-2-6-10-24)19-22-11-15-26(16-12-22)30-20-23-7-3-1-4-8-23;/h1-18,28H,19-21,29H2;1H. The molecule has 0 bridgehead atoms. The van der Waals surface area contributed by atoms with Crippen molar-refractivity contribution in [3.8, 4) is 11.5 Å². The maximum absolute atomic E-state index is 6.44. The van der Waals surface area contributed by atoms with Crippen molar-refractivity contribution in [3.05, 3.63) is 131 Å². The molecule has 4 aromatic rings. The van der Waals surface area contributed by atoms with Gasteiger partial charge in [0.2, 0.25) is 0 Å². The summed E-state index contributed by atoms with van der Waals surface area (Å²) in [5.74, 6) is 1.71. The van der Waals surface area contributed by atoms with Gasteiger partial charge in [-0.1, -0.05) is 84.9 Å². The van der Waals surface area contributed by atoms with Crippen molar-refractivity contribution in [2.24, 2.45) is 5.73 Å². The van der Waals surface area contributed by atoms with E-state index in [0.717, 1.165) is 34.6 Å². The molecule has 0 aliphatic carbocycles. The Bertz CT molecular complexity index is 1050. The van der Waals surface area contributed by atoms with E-state index in [1.807, 2.05) is 72.8 Å². The molecule has 0 aliphatic rings. The summed E-state index contributed by atoms with van der Waals surface area (Å²) in [6, 6.07) is 36.5. The van der Waals surface area contributed by atoms with Crippen LogP contribution in [0, 0.1) is 0 Å². The molecule has 32 heavy (non-hydrogen) atoms. The molecule has 4 aromatic carbocycles. The molecule has 164 valence electrons. The molecule has 0 saturated heterocycles. The van der Waals surface area contributed by atoms with Gasteiger partial charge in [0, 0.05) is 6.04 Å². The van der Waals surface area contributed by atoms with Gasteiger partial charge in [-0.15, -0.1) is 12.4 Å². The lowest BCUT2D eigenvalue weighted by molar-refractivity contribution is 0.306. The van der Waals surface area contributed by atoms with Gasteiger partial charge in [0.05, 0.1) is 0 Å². The zero-order chi connectivity index (χ0) is 21.3. The second-order valence-corrected chi connectivity index (χ2v) is 7.57. The molecule has 0 fully saturated rings. The Morgan fingerprint density at radius 3 is 1.44 bits per heavy atom. The second-order valence-electron chi connectivity index (χ2n) is 7.57. The van der Waals surface area contributed by atoms with E-state index in [1.54, 1.807) is 0 Å². The number of benzene rings is 4. The zero-order valence-electron chi connectivity index (χ0n) is 17.9. The predicted molar refractivity (Wildman–Crippen MR) is 132 cm³/mol. The third kappa shape index (κ3) is 6.88. The highest BCUT2D eigenvalue weighted by Crippen LogP contribution is 2.22. The first-order valence-corrected chi connectivity index (χ1v) is 10.5. The first-order chi connectivity index (χ1) is 15.3. The van der Waals surface area contributed by atoms with Crippen molar-refractivity contribution >= 4 is 12.4 Å². The fourth-order valence-corrected chi connectivity index (χ4v) is 3.39. The minimum absolute atomic E-state index is 0. The predicted octanol–water partition coefficient (Wildman–Crippen LogP) is 6.51. The normalized spacial score (nSPS) is 11.3. The Labute approximate surface area is 196 Å². The van der Waals surface area contributed by atoms with Crippen molar-refractivity contribution in [2.75, 3.05) is 0 Å². The van der Waals surface area contributed by atoms with Crippen molar-refractivity contribution in [3.63, 3.8) is 0 Å². The fraction of sp³-hybridized carbons (Fsp3) is 0.143.